The lowest BCUT2D eigenvalue weighted by atomic mass is 9.84. The highest BCUT2D eigenvalue weighted by atomic mass is 32.2. The number of benzene rings is 1. The summed E-state index contributed by atoms with van der Waals surface area (Å²) in [5.41, 5.74) is -0.817. The topological polar surface area (TPSA) is 171 Å². The number of methoxy groups -OCH3 is 1. The van der Waals surface area contributed by atoms with Crippen molar-refractivity contribution >= 4 is 44.6 Å². The van der Waals surface area contributed by atoms with Crippen molar-refractivity contribution in [2.24, 2.45) is 29.1 Å². The molecule has 6 rings (SSSR count). The van der Waals surface area contributed by atoms with Crippen molar-refractivity contribution in [2.45, 2.75) is 115 Å². The third-order valence-electron chi connectivity index (χ3n) is 11.0. The van der Waals surface area contributed by atoms with E-state index >= 15 is 0 Å². The minimum Gasteiger partial charge on any atom is -0.497 e. The van der Waals surface area contributed by atoms with Gasteiger partial charge >= 0.3 is 5.97 Å². The second-order valence-electron chi connectivity index (χ2n) is 16.5. The third kappa shape index (κ3) is 9.01. The molecule has 2 aliphatic carbocycles. The molecule has 2 aliphatic heterocycles. The number of amides is 2. The first-order chi connectivity index (χ1) is 25.0. The highest BCUT2D eigenvalue weighted by molar-refractivity contribution is 7.90. The molecule has 4 aliphatic rings. The molecule has 1 aromatic heterocycles. The van der Waals surface area contributed by atoms with Gasteiger partial charge in [-0.1, -0.05) is 32.4 Å². The normalized spacial score (nSPS) is 30.3. The fraction of sp³-hybridized carbons (Fsp3) is 0.641. The zero-order chi connectivity index (χ0) is 38.3. The SMILES string of the molecule is COc1ccc2nc(O[C@@H]3C[C@H]4C(=O)C[C@]5(C(=O)NS(=O)(=O)C6CC6)C[C@H]5/C=C\[C@H](C)CCC[C@@H](C)[C@H](CC(=O)OC(C)(C)C)C(=O)N4C3)cnc2c1. The first-order valence-electron chi connectivity index (χ1n) is 18.7. The van der Waals surface area contributed by atoms with Crippen LogP contribution in [-0.2, 0) is 33.9 Å². The Kier molecular flexibility index (Phi) is 10.9. The lowest BCUT2D eigenvalue weighted by Crippen LogP contribution is -2.47. The third-order valence-corrected chi connectivity index (χ3v) is 12.8. The van der Waals surface area contributed by atoms with Crippen molar-refractivity contribution in [1.82, 2.24) is 19.6 Å². The zero-order valence-electron chi connectivity index (χ0n) is 31.5. The molecule has 14 heteroatoms. The van der Waals surface area contributed by atoms with Crippen molar-refractivity contribution < 1.29 is 41.8 Å². The number of hydrogen-bond acceptors (Lipinski definition) is 11. The van der Waals surface area contributed by atoms with E-state index in [1.165, 1.54) is 11.1 Å². The predicted octanol–water partition coefficient (Wildman–Crippen LogP) is 4.92. The molecule has 288 valence electrons. The largest absolute Gasteiger partial charge is 0.497 e. The van der Waals surface area contributed by atoms with Gasteiger partial charge in [0.25, 0.3) is 0 Å². The first kappa shape index (κ1) is 38.6. The van der Waals surface area contributed by atoms with Crippen molar-refractivity contribution in [1.29, 1.82) is 0 Å². The number of rotatable bonds is 8. The average molecular weight is 753 g/mol. The molecule has 0 unspecified atom stereocenters. The van der Waals surface area contributed by atoms with E-state index in [0.717, 1.165) is 12.8 Å². The van der Waals surface area contributed by atoms with Gasteiger partial charge < -0.3 is 19.1 Å². The molecule has 0 radical (unpaired) electrons. The second-order valence-corrected chi connectivity index (χ2v) is 18.5. The molecule has 2 amide bonds. The van der Waals surface area contributed by atoms with E-state index in [2.05, 4.69) is 21.6 Å². The van der Waals surface area contributed by atoms with Crippen LogP contribution in [-0.4, -0.2) is 83.5 Å². The van der Waals surface area contributed by atoms with Crippen molar-refractivity contribution in [2.75, 3.05) is 13.7 Å². The number of esters is 1. The highest BCUT2D eigenvalue weighted by Gasteiger charge is 2.61. The van der Waals surface area contributed by atoms with Gasteiger partial charge in [-0.2, -0.15) is 0 Å². The Hall–Kier alpha value is -4.07. The number of carbonyl (C=O) groups excluding carboxylic acids is 4. The Morgan fingerprint density at radius 2 is 1.81 bits per heavy atom. The average Bonchev–Trinajstić information content (AvgIpc) is 4.01. The summed E-state index contributed by atoms with van der Waals surface area (Å²) in [7, 11) is -2.29. The Balaban J connectivity index is 1.32. The Labute approximate surface area is 311 Å². The number of nitrogens with one attached hydrogen (secondary N) is 1. The van der Waals surface area contributed by atoms with E-state index in [1.807, 2.05) is 19.1 Å². The standard InChI is InChI=1S/C39H52N4O9S/c1-23-8-7-9-24(2)29(18-35(45)52-38(3,4)5)36(46)43-22-27(51-34-21-40-31-16-26(50-6)12-15-30(31)41-34)17-32(43)33(44)20-39(19-25(39)11-10-23)37(47)42-53(48,49)28-13-14-28/h10-12,15-16,21,23-25,27-29,32H,7-9,13-14,17-20,22H2,1-6H3,(H,42,47)/b11-10-/t23-,24-,25-,27-,29+,32+,39-/m1/s1. The minimum atomic E-state index is -3.85. The molecule has 2 aromatic rings. The molecule has 2 saturated carbocycles. The van der Waals surface area contributed by atoms with Gasteiger partial charge in [0.1, 0.15) is 17.5 Å². The molecule has 1 saturated heterocycles. The summed E-state index contributed by atoms with van der Waals surface area (Å²) in [6.07, 6.45) is 8.15. The molecule has 7 atom stereocenters. The number of carbonyl (C=O) groups is 4. The summed E-state index contributed by atoms with van der Waals surface area (Å²) >= 11 is 0. The van der Waals surface area contributed by atoms with Gasteiger partial charge in [0.15, 0.2) is 5.78 Å². The van der Waals surface area contributed by atoms with Gasteiger partial charge in [0, 0.05) is 18.9 Å². The van der Waals surface area contributed by atoms with E-state index in [-0.39, 0.29) is 61.1 Å². The van der Waals surface area contributed by atoms with E-state index in [4.69, 9.17) is 14.2 Å². The van der Waals surface area contributed by atoms with E-state index in [0.29, 0.717) is 42.5 Å². The summed E-state index contributed by atoms with van der Waals surface area (Å²) in [5, 5.41) is -0.599. The van der Waals surface area contributed by atoms with E-state index in [1.54, 1.807) is 46.1 Å². The van der Waals surface area contributed by atoms with E-state index < -0.39 is 56.2 Å². The maximum atomic E-state index is 14.7. The number of allylic oxidation sites excluding steroid dienone is 2. The smallest absolute Gasteiger partial charge is 0.307 e. The summed E-state index contributed by atoms with van der Waals surface area (Å²) in [4.78, 5) is 66.8. The lowest BCUT2D eigenvalue weighted by Gasteiger charge is -2.32. The Morgan fingerprint density at radius 1 is 1.06 bits per heavy atom. The molecule has 3 fully saturated rings. The van der Waals surface area contributed by atoms with Gasteiger partial charge in [0.2, 0.25) is 27.7 Å². The predicted molar refractivity (Wildman–Crippen MR) is 196 cm³/mol. The number of hydrogen-bond donors (Lipinski definition) is 1. The van der Waals surface area contributed by atoms with Crippen LogP contribution in [0.2, 0.25) is 0 Å². The Bertz CT molecular complexity index is 1890. The van der Waals surface area contributed by atoms with Crippen LogP contribution in [0.25, 0.3) is 11.0 Å². The number of ether oxygens (including phenoxy) is 3. The second kappa shape index (κ2) is 15.0. The Morgan fingerprint density at radius 3 is 2.51 bits per heavy atom. The molecule has 53 heavy (non-hydrogen) atoms. The van der Waals surface area contributed by atoms with Crippen LogP contribution < -0.4 is 14.2 Å². The van der Waals surface area contributed by atoms with Gasteiger partial charge in [-0.3, -0.25) is 23.9 Å². The van der Waals surface area contributed by atoms with Crippen LogP contribution in [0.3, 0.4) is 0 Å². The fourth-order valence-corrected chi connectivity index (χ4v) is 9.09. The van der Waals surface area contributed by atoms with Gasteiger partial charge in [-0.05, 0) is 82.8 Å². The number of sulfonamides is 1. The molecular weight excluding hydrogens is 701 g/mol. The number of aromatic nitrogens is 2. The molecule has 1 aromatic carbocycles. The van der Waals surface area contributed by atoms with Crippen LogP contribution in [0.1, 0.15) is 92.4 Å². The van der Waals surface area contributed by atoms with Gasteiger partial charge in [0.05, 0.1) is 59.9 Å². The molecule has 3 heterocycles. The number of Topliss-reactive ketones (excluding diaryl/α,β-unsaturated/α-hetero) is 1. The summed E-state index contributed by atoms with van der Waals surface area (Å²) < 4.78 is 45.3. The first-order valence-corrected chi connectivity index (χ1v) is 20.3. The highest BCUT2D eigenvalue weighted by Crippen LogP contribution is 2.57. The summed E-state index contributed by atoms with van der Waals surface area (Å²) in [5.74, 6) is -2.17. The maximum Gasteiger partial charge on any atom is 0.307 e. The number of fused-ring (bicyclic) bond motifs is 3. The quantitative estimate of drug-likeness (QED) is 0.287. The van der Waals surface area contributed by atoms with Crippen LogP contribution in [0.4, 0.5) is 0 Å². The monoisotopic (exact) mass is 752 g/mol. The van der Waals surface area contributed by atoms with Crippen molar-refractivity contribution in [3.63, 3.8) is 0 Å². The van der Waals surface area contributed by atoms with Crippen molar-refractivity contribution in [3.05, 3.63) is 36.5 Å². The number of nitrogens with zero attached hydrogens (tertiary/aromatic N) is 3. The van der Waals surface area contributed by atoms with Crippen LogP contribution in [0.5, 0.6) is 11.6 Å². The van der Waals surface area contributed by atoms with Gasteiger partial charge in [-0.25, -0.2) is 18.4 Å². The minimum absolute atomic E-state index is 0.0464. The van der Waals surface area contributed by atoms with Crippen LogP contribution in [0, 0.1) is 29.1 Å². The molecule has 1 N–H and O–H groups in total. The lowest BCUT2D eigenvalue weighted by molar-refractivity contribution is -0.159. The van der Waals surface area contributed by atoms with Crippen molar-refractivity contribution in [3.8, 4) is 11.6 Å². The molecule has 0 bridgehead atoms. The fourth-order valence-electron chi connectivity index (χ4n) is 7.70. The maximum absolute atomic E-state index is 14.7. The van der Waals surface area contributed by atoms with Gasteiger partial charge in [-0.15, -0.1) is 0 Å². The molecule has 13 nitrogen and oxygen atoms in total. The van der Waals surface area contributed by atoms with Crippen LogP contribution >= 0.6 is 0 Å². The molecular formula is C39H52N4O9S. The number of ketones is 1. The summed E-state index contributed by atoms with van der Waals surface area (Å²) in [6.45, 7) is 9.40. The zero-order valence-corrected chi connectivity index (χ0v) is 32.3. The van der Waals surface area contributed by atoms with Crippen LogP contribution in [0.15, 0.2) is 36.5 Å². The van der Waals surface area contributed by atoms with E-state index in [9.17, 15) is 27.6 Å². The summed E-state index contributed by atoms with van der Waals surface area (Å²) in [6, 6.07) is 4.30. The molecule has 0 spiro atoms.